The van der Waals surface area contributed by atoms with Crippen LogP contribution in [0.5, 0.6) is 0 Å². The van der Waals surface area contributed by atoms with Crippen molar-refractivity contribution in [1.29, 1.82) is 0 Å². The molecule has 2 N–H and O–H groups in total. The molecule has 1 atom stereocenters. The highest BCUT2D eigenvalue weighted by atomic mass is 32.1. The maximum atomic E-state index is 12.5. The molecule has 3 nitrogen and oxygen atoms in total. The third kappa shape index (κ3) is 3.39. The highest BCUT2D eigenvalue weighted by Crippen LogP contribution is 2.20. The van der Waals surface area contributed by atoms with Gasteiger partial charge >= 0.3 is 0 Å². The van der Waals surface area contributed by atoms with Gasteiger partial charge in [-0.05, 0) is 55.3 Å². The molecule has 0 aliphatic carbocycles. The van der Waals surface area contributed by atoms with Crippen LogP contribution in [0.25, 0.3) is 0 Å². The normalized spacial score (nSPS) is 11.9. The Morgan fingerprint density at radius 2 is 2.15 bits per heavy atom. The average Bonchev–Trinajstić information content (AvgIpc) is 2.95. The van der Waals surface area contributed by atoms with E-state index in [0.717, 1.165) is 23.4 Å². The van der Waals surface area contributed by atoms with E-state index in [4.69, 9.17) is 0 Å². The van der Waals surface area contributed by atoms with Gasteiger partial charge < -0.3 is 10.6 Å². The van der Waals surface area contributed by atoms with E-state index < -0.39 is 0 Å². The summed E-state index contributed by atoms with van der Waals surface area (Å²) >= 11 is 1.64. The highest BCUT2D eigenvalue weighted by Gasteiger charge is 2.15. The first kappa shape index (κ1) is 14.6. The van der Waals surface area contributed by atoms with Gasteiger partial charge in [0.15, 0.2) is 0 Å². The molecule has 1 aromatic carbocycles. The number of benzene rings is 1. The number of amides is 1. The number of carbonyl (C=O) groups is 1. The lowest BCUT2D eigenvalue weighted by molar-refractivity contribution is 0.0940. The Bertz CT molecular complexity index is 578. The first-order valence-electron chi connectivity index (χ1n) is 6.79. The Morgan fingerprint density at radius 3 is 2.80 bits per heavy atom. The van der Waals surface area contributed by atoms with Crippen LogP contribution in [0.4, 0.5) is 5.69 Å². The number of rotatable bonds is 5. The van der Waals surface area contributed by atoms with Gasteiger partial charge in [0.2, 0.25) is 0 Å². The quantitative estimate of drug-likeness (QED) is 0.873. The van der Waals surface area contributed by atoms with Crippen molar-refractivity contribution in [3.63, 3.8) is 0 Å². The Hall–Kier alpha value is -1.81. The molecular weight excluding hydrogens is 268 g/mol. The van der Waals surface area contributed by atoms with Gasteiger partial charge in [0, 0.05) is 12.2 Å². The molecule has 0 fully saturated rings. The van der Waals surface area contributed by atoms with Gasteiger partial charge in [0.05, 0.1) is 11.6 Å². The Balaban J connectivity index is 2.18. The molecule has 0 spiro atoms. The van der Waals surface area contributed by atoms with Crippen LogP contribution in [-0.4, -0.2) is 12.5 Å². The van der Waals surface area contributed by atoms with Gasteiger partial charge in [0.1, 0.15) is 0 Å². The van der Waals surface area contributed by atoms with Crippen LogP contribution in [0.1, 0.15) is 41.4 Å². The van der Waals surface area contributed by atoms with Crippen LogP contribution >= 0.6 is 11.3 Å². The van der Waals surface area contributed by atoms with Crippen LogP contribution in [0.15, 0.2) is 35.0 Å². The maximum Gasteiger partial charge on any atom is 0.253 e. The Morgan fingerprint density at radius 1 is 1.35 bits per heavy atom. The zero-order chi connectivity index (χ0) is 14.5. The number of carbonyl (C=O) groups excluding carboxylic acids is 1. The van der Waals surface area contributed by atoms with E-state index in [1.807, 2.05) is 50.4 Å². The first-order chi connectivity index (χ1) is 9.61. The molecule has 0 saturated carbocycles. The van der Waals surface area contributed by atoms with Gasteiger partial charge in [-0.15, -0.1) is 0 Å². The molecule has 1 heterocycles. The van der Waals surface area contributed by atoms with E-state index >= 15 is 0 Å². The molecule has 1 aromatic heterocycles. The molecule has 1 amide bonds. The number of thiophene rings is 1. The van der Waals surface area contributed by atoms with Crippen molar-refractivity contribution < 1.29 is 4.79 Å². The summed E-state index contributed by atoms with van der Waals surface area (Å²) in [4.78, 5) is 12.5. The van der Waals surface area contributed by atoms with Gasteiger partial charge in [-0.25, -0.2) is 0 Å². The molecule has 20 heavy (non-hydrogen) atoms. The van der Waals surface area contributed by atoms with Crippen molar-refractivity contribution in [2.45, 2.75) is 26.8 Å². The summed E-state index contributed by atoms with van der Waals surface area (Å²) in [5, 5.41) is 10.4. The van der Waals surface area contributed by atoms with E-state index in [1.165, 1.54) is 0 Å². The second-order valence-corrected chi connectivity index (χ2v) is 5.61. The molecule has 0 bridgehead atoms. The average molecular weight is 288 g/mol. The predicted octanol–water partition coefficient (Wildman–Crippen LogP) is 3.98. The fraction of sp³-hybridized carbons (Fsp3) is 0.312. The van der Waals surface area contributed by atoms with E-state index in [2.05, 4.69) is 16.0 Å². The fourth-order valence-electron chi connectivity index (χ4n) is 2.07. The second kappa shape index (κ2) is 6.57. The van der Waals surface area contributed by atoms with Crippen molar-refractivity contribution in [2.24, 2.45) is 0 Å². The summed E-state index contributed by atoms with van der Waals surface area (Å²) < 4.78 is 0. The monoisotopic (exact) mass is 288 g/mol. The lowest BCUT2D eigenvalue weighted by Crippen LogP contribution is -2.27. The topological polar surface area (TPSA) is 41.1 Å². The summed E-state index contributed by atoms with van der Waals surface area (Å²) in [6, 6.07) is 7.95. The van der Waals surface area contributed by atoms with E-state index in [9.17, 15) is 4.79 Å². The smallest absolute Gasteiger partial charge is 0.253 e. The van der Waals surface area contributed by atoms with Crippen molar-refractivity contribution in [3.8, 4) is 0 Å². The van der Waals surface area contributed by atoms with E-state index in [0.29, 0.717) is 5.56 Å². The predicted molar refractivity (Wildman–Crippen MR) is 85.5 cm³/mol. The van der Waals surface area contributed by atoms with Gasteiger partial charge in [-0.1, -0.05) is 11.6 Å². The van der Waals surface area contributed by atoms with E-state index in [1.54, 1.807) is 11.3 Å². The van der Waals surface area contributed by atoms with Crippen LogP contribution in [0.2, 0.25) is 0 Å². The third-order valence-electron chi connectivity index (χ3n) is 3.18. The maximum absolute atomic E-state index is 12.5. The minimum atomic E-state index is -0.0386. The van der Waals surface area contributed by atoms with Gasteiger partial charge in [-0.3, -0.25) is 4.79 Å². The summed E-state index contributed by atoms with van der Waals surface area (Å²) in [7, 11) is 0. The van der Waals surface area contributed by atoms with Crippen LogP contribution in [0, 0.1) is 6.92 Å². The Labute approximate surface area is 124 Å². The minimum absolute atomic E-state index is 0.0174. The Kier molecular flexibility index (Phi) is 4.79. The SMILES string of the molecule is CCNc1ccc(C)cc1C(=O)NC(C)c1ccsc1. The molecule has 0 aliphatic heterocycles. The van der Waals surface area contributed by atoms with Crippen molar-refractivity contribution in [3.05, 3.63) is 51.7 Å². The van der Waals surface area contributed by atoms with Crippen LogP contribution in [-0.2, 0) is 0 Å². The standard InChI is InChI=1S/C16H20N2OS/c1-4-17-15-6-5-11(2)9-14(15)16(19)18-12(3)13-7-8-20-10-13/h5-10,12,17H,4H2,1-3H3,(H,18,19). The lowest BCUT2D eigenvalue weighted by Gasteiger charge is -2.16. The number of hydrogen-bond donors (Lipinski definition) is 2. The number of hydrogen-bond acceptors (Lipinski definition) is 3. The second-order valence-electron chi connectivity index (χ2n) is 4.83. The molecule has 0 radical (unpaired) electrons. The summed E-state index contributed by atoms with van der Waals surface area (Å²) in [5.74, 6) is -0.0386. The summed E-state index contributed by atoms with van der Waals surface area (Å²) in [6.45, 7) is 6.82. The molecule has 0 saturated heterocycles. The van der Waals surface area contributed by atoms with Crippen molar-refractivity contribution in [2.75, 3.05) is 11.9 Å². The fourth-order valence-corrected chi connectivity index (χ4v) is 2.82. The molecule has 2 aromatic rings. The zero-order valence-corrected chi connectivity index (χ0v) is 12.9. The molecule has 1 unspecified atom stereocenters. The molecule has 4 heteroatoms. The van der Waals surface area contributed by atoms with Gasteiger partial charge in [0.25, 0.3) is 5.91 Å². The minimum Gasteiger partial charge on any atom is -0.385 e. The zero-order valence-electron chi connectivity index (χ0n) is 12.1. The van der Waals surface area contributed by atoms with Crippen molar-refractivity contribution >= 4 is 22.9 Å². The molecule has 2 rings (SSSR count). The largest absolute Gasteiger partial charge is 0.385 e. The van der Waals surface area contributed by atoms with E-state index in [-0.39, 0.29) is 11.9 Å². The van der Waals surface area contributed by atoms with Gasteiger partial charge in [-0.2, -0.15) is 11.3 Å². The third-order valence-corrected chi connectivity index (χ3v) is 3.88. The summed E-state index contributed by atoms with van der Waals surface area (Å²) in [5.41, 5.74) is 3.81. The highest BCUT2D eigenvalue weighted by molar-refractivity contribution is 7.07. The van der Waals surface area contributed by atoms with Crippen LogP contribution < -0.4 is 10.6 Å². The number of aryl methyl sites for hydroxylation is 1. The van der Waals surface area contributed by atoms with Crippen molar-refractivity contribution in [1.82, 2.24) is 5.32 Å². The lowest BCUT2D eigenvalue weighted by atomic mass is 10.1. The number of anilines is 1. The summed E-state index contributed by atoms with van der Waals surface area (Å²) in [6.07, 6.45) is 0. The van der Waals surface area contributed by atoms with Crippen LogP contribution in [0.3, 0.4) is 0 Å². The first-order valence-corrected chi connectivity index (χ1v) is 7.73. The number of nitrogens with one attached hydrogen (secondary N) is 2. The molecule has 106 valence electrons. The molecule has 0 aliphatic rings. The molecular formula is C16H20N2OS.